The predicted octanol–water partition coefficient (Wildman–Crippen LogP) is 6.45. The number of nitrogens with one attached hydrogen (secondary N) is 1. The van der Waals surface area contributed by atoms with Crippen LogP contribution in [0.2, 0.25) is 0 Å². The molecule has 0 unspecified atom stereocenters. The monoisotopic (exact) mass is 399 g/mol. The lowest BCUT2D eigenvalue weighted by Crippen LogP contribution is -2.31. The molecule has 1 aromatic carbocycles. The molecule has 0 fully saturated rings. The third kappa shape index (κ3) is 4.36. The van der Waals surface area contributed by atoms with Gasteiger partial charge < -0.3 is 5.32 Å². The summed E-state index contributed by atoms with van der Waals surface area (Å²) in [5, 5.41) is 5.85. The normalized spacial score (nSPS) is 11.3. The van der Waals surface area contributed by atoms with Gasteiger partial charge in [0.05, 0.1) is 4.88 Å². The molecule has 4 rings (SSSR count). The minimum Gasteiger partial charge on any atom is -0.364 e. The van der Waals surface area contributed by atoms with Crippen LogP contribution in [0.25, 0.3) is 16.2 Å². The van der Waals surface area contributed by atoms with Crippen LogP contribution in [0, 0.1) is 11.8 Å². The van der Waals surface area contributed by atoms with E-state index in [0.29, 0.717) is 0 Å². The predicted molar refractivity (Wildman–Crippen MR) is 124 cm³/mol. The number of thiophene rings is 1. The number of fused-ring (bicyclic) bond motifs is 1. The molecule has 3 aromatic heterocycles. The fourth-order valence-electron chi connectivity index (χ4n) is 3.49. The van der Waals surface area contributed by atoms with E-state index in [1.807, 2.05) is 48.5 Å². The Hall–Kier alpha value is -3.03. The minimum absolute atomic E-state index is 0.0114. The molecule has 0 saturated carbocycles. The van der Waals surface area contributed by atoms with Gasteiger partial charge in [0.15, 0.2) is 0 Å². The summed E-state index contributed by atoms with van der Waals surface area (Å²) in [4.78, 5) is 6.05. The molecule has 0 aliphatic rings. The summed E-state index contributed by atoms with van der Waals surface area (Å²) >= 11 is 1.69. The summed E-state index contributed by atoms with van der Waals surface area (Å²) < 4.78 is 2.14. The topological polar surface area (TPSA) is 29.3 Å². The third-order valence-corrected chi connectivity index (χ3v) is 5.76. The van der Waals surface area contributed by atoms with E-state index >= 15 is 0 Å². The van der Waals surface area contributed by atoms with Gasteiger partial charge in [-0.2, -0.15) is 0 Å². The van der Waals surface area contributed by atoms with Crippen LogP contribution < -0.4 is 5.32 Å². The number of nitrogens with zero attached hydrogens (tertiary/aromatic N) is 2. The molecule has 0 atom stereocenters. The molecule has 146 valence electrons. The number of hydrogen-bond acceptors (Lipinski definition) is 3. The second-order valence-electron chi connectivity index (χ2n) is 7.81. The first kappa shape index (κ1) is 19.3. The lowest BCUT2D eigenvalue weighted by atomic mass is 9.99. The van der Waals surface area contributed by atoms with E-state index in [4.69, 9.17) is 4.98 Å². The van der Waals surface area contributed by atoms with Gasteiger partial charge in [0.2, 0.25) is 0 Å². The Kier molecular flexibility index (Phi) is 5.42. The Balaban J connectivity index is 1.72. The van der Waals surface area contributed by atoms with Crippen molar-refractivity contribution < 1.29 is 0 Å². The lowest BCUT2D eigenvalue weighted by Gasteiger charge is -2.27. The van der Waals surface area contributed by atoms with Gasteiger partial charge in [-0.3, -0.25) is 4.40 Å². The molecular weight excluding hydrogens is 374 g/mol. The van der Waals surface area contributed by atoms with Crippen molar-refractivity contribution in [3.8, 4) is 22.4 Å². The number of imidazole rings is 1. The fourth-order valence-corrected chi connectivity index (χ4v) is 4.32. The highest BCUT2D eigenvalue weighted by Gasteiger charge is 2.22. The fraction of sp³-hybridized carbons (Fsp3) is 0.240. The molecule has 3 heterocycles. The zero-order valence-corrected chi connectivity index (χ0v) is 17.9. The number of pyridine rings is 1. The van der Waals surface area contributed by atoms with Crippen molar-refractivity contribution >= 4 is 22.8 Å². The molecule has 0 amide bonds. The molecular formula is C25H25N3S. The third-order valence-electron chi connectivity index (χ3n) is 4.82. The van der Waals surface area contributed by atoms with E-state index in [9.17, 15) is 0 Å². The number of rotatable bonds is 5. The highest BCUT2D eigenvalue weighted by Crippen LogP contribution is 2.35. The summed E-state index contributed by atoms with van der Waals surface area (Å²) in [5.41, 5.74) is 3.96. The van der Waals surface area contributed by atoms with Gasteiger partial charge in [-0.15, -0.1) is 11.3 Å². The minimum atomic E-state index is -0.0114. The van der Waals surface area contributed by atoms with E-state index in [1.54, 1.807) is 11.3 Å². The van der Waals surface area contributed by atoms with Gasteiger partial charge >= 0.3 is 0 Å². The van der Waals surface area contributed by atoms with Gasteiger partial charge in [-0.25, -0.2) is 4.98 Å². The zero-order chi connectivity index (χ0) is 20.3. The van der Waals surface area contributed by atoms with Gasteiger partial charge in [0.25, 0.3) is 0 Å². The average molecular weight is 400 g/mol. The van der Waals surface area contributed by atoms with Crippen LogP contribution in [0.3, 0.4) is 0 Å². The molecule has 0 spiro atoms. The molecule has 3 nitrogen and oxygen atoms in total. The highest BCUT2D eigenvalue weighted by molar-refractivity contribution is 7.13. The van der Waals surface area contributed by atoms with Crippen molar-refractivity contribution in [2.24, 2.45) is 0 Å². The maximum Gasteiger partial charge on any atom is 0.140 e. The van der Waals surface area contributed by atoms with Crippen LogP contribution in [0.1, 0.15) is 44.7 Å². The first-order valence-corrected chi connectivity index (χ1v) is 10.8. The van der Waals surface area contributed by atoms with Crippen LogP contribution in [0.5, 0.6) is 0 Å². The van der Waals surface area contributed by atoms with E-state index < -0.39 is 0 Å². The second kappa shape index (κ2) is 8.14. The first-order valence-electron chi connectivity index (χ1n) is 9.97. The summed E-state index contributed by atoms with van der Waals surface area (Å²) in [6.45, 7) is 6.71. The molecule has 29 heavy (non-hydrogen) atoms. The Bertz CT molecular complexity index is 1170. The second-order valence-corrected chi connectivity index (χ2v) is 8.72. The Morgan fingerprint density at radius 2 is 1.79 bits per heavy atom. The van der Waals surface area contributed by atoms with Crippen LogP contribution in [-0.2, 0) is 0 Å². The Morgan fingerprint density at radius 1 is 1.03 bits per heavy atom. The largest absolute Gasteiger partial charge is 0.364 e. The van der Waals surface area contributed by atoms with Crippen molar-refractivity contribution in [3.05, 3.63) is 77.3 Å². The molecule has 1 N–H and O–H groups in total. The van der Waals surface area contributed by atoms with Crippen LogP contribution in [0.15, 0.2) is 66.2 Å². The highest BCUT2D eigenvalue weighted by atomic mass is 32.1. The zero-order valence-electron chi connectivity index (χ0n) is 17.1. The van der Waals surface area contributed by atoms with Gasteiger partial charge in [0, 0.05) is 28.2 Å². The smallest absolute Gasteiger partial charge is 0.140 e. The van der Waals surface area contributed by atoms with Crippen molar-refractivity contribution in [1.82, 2.24) is 9.38 Å². The molecule has 4 heteroatoms. The van der Waals surface area contributed by atoms with Crippen LogP contribution in [0.4, 0.5) is 5.82 Å². The molecule has 0 aliphatic heterocycles. The summed E-state index contributed by atoms with van der Waals surface area (Å²) in [6, 6.07) is 18.3. The summed E-state index contributed by atoms with van der Waals surface area (Å²) in [6.07, 6.45) is 4.29. The summed E-state index contributed by atoms with van der Waals surface area (Å²) in [7, 11) is 0. The van der Waals surface area contributed by atoms with Gasteiger partial charge in [0.1, 0.15) is 17.2 Å². The number of aromatic nitrogens is 2. The number of benzene rings is 1. The lowest BCUT2D eigenvalue weighted by molar-refractivity contribution is 0.509. The first-order chi connectivity index (χ1) is 14.1. The van der Waals surface area contributed by atoms with Gasteiger partial charge in [-0.1, -0.05) is 49.5 Å². The van der Waals surface area contributed by atoms with Crippen molar-refractivity contribution in [2.45, 2.75) is 39.2 Å². The van der Waals surface area contributed by atoms with E-state index in [2.05, 4.69) is 60.0 Å². The van der Waals surface area contributed by atoms with Crippen molar-refractivity contribution in [2.75, 3.05) is 5.32 Å². The van der Waals surface area contributed by atoms with E-state index in [0.717, 1.165) is 46.0 Å². The van der Waals surface area contributed by atoms with Crippen molar-refractivity contribution in [3.63, 3.8) is 0 Å². The number of anilines is 1. The standard InChI is InChI=1S/C25H25N3S/c1-4-15-25(2,3)27-24-23(26-22-12-8-9-16-28(22)24)21-17-20(18-29-21)14-13-19-10-6-5-7-11-19/h5-12,16-18,27H,4,15H2,1-3H3. The molecule has 0 radical (unpaired) electrons. The molecule has 0 aliphatic carbocycles. The SMILES string of the molecule is CCCC(C)(C)Nc1c(-c2cc(C#Cc3ccccc3)cs2)nc2ccccn12. The Labute approximate surface area is 176 Å². The van der Waals surface area contributed by atoms with Gasteiger partial charge in [-0.05, 0) is 50.6 Å². The quantitative estimate of drug-likeness (QED) is 0.391. The number of hydrogen-bond donors (Lipinski definition) is 1. The van der Waals surface area contributed by atoms with Crippen LogP contribution >= 0.6 is 11.3 Å². The summed E-state index contributed by atoms with van der Waals surface area (Å²) in [5.74, 6) is 7.56. The average Bonchev–Trinajstić information content (AvgIpc) is 3.32. The maximum absolute atomic E-state index is 4.92. The molecule has 4 aromatic rings. The van der Waals surface area contributed by atoms with E-state index in [1.165, 1.54) is 0 Å². The van der Waals surface area contributed by atoms with Crippen LogP contribution in [-0.4, -0.2) is 14.9 Å². The van der Waals surface area contributed by atoms with E-state index in [-0.39, 0.29) is 5.54 Å². The molecule has 0 saturated heterocycles. The maximum atomic E-state index is 4.92. The Morgan fingerprint density at radius 3 is 2.59 bits per heavy atom. The van der Waals surface area contributed by atoms with Crippen molar-refractivity contribution in [1.29, 1.82) is 0 Å². The molecule has 0 bridgehead atoms.